The van der Waals surface area contributed by atoms with Gasteiger partial charge in [-0.1, -0.05) is 75.0 Å². The van der Waals surface area contributed by atoms with Gasteiger partial charge >= 0.3 is 0 Å². The Balaban J connectivity index is 0.00000136. The number of aliphatic hydroxyl groups excluding tert-OH is 1. The molecule has 0 bridgehead atoms. The summed E-state index contributed by atoms with van der Waals surface area (Å²) in [5, 5.41) is 9.83. The standard InChI is InChI=1S/C23H22O3.C2H6/c1-17-8-6-11-20(23(17)18(2)24)16-26-22-13-7-12-21(14-22)25-15-19-9-4-3-5-10-19;1-2/h3-14,24H,2,15-16H2,1H3;1-2H3. The lowest BCUT2D eigenvalue weighted by atomic mass is 10.0. The van der Waals surface area contributed by atoms with Crippen LogP contribution in [0.1, 0.15) is 36.1 Å². The van der Waals surface area contributed by atoms with Gasteiger partial charge in [0, 0.05) is 17.2 Å². The van der Waals surface area contributed by atoms with Crippen molar-refractivity contribution in [3.8, 4) is 11.5 Å². The van der Waals surface area contributed by atoms with E-state index in [1.54, 1.807) is 0 Å². The molecule has 1 N–H and O–H groups in total. The number of aliphatic hydroxyl groups is 1. The topological polar surface area (TPSA) is 38.7 Å². The third-order valence-electron chi connectivity index (χ3n) is 4.10. The summed E-state index contributed by atoms with van der Waals surface area (Å²) in [6.07, 6.45) is 0. The van der Waals surface area contributed by atoms with Crippen LogP contribution in [0.3, 0.4) is 0 Å². The zero-order valence-corrected chi connectivity index (χ0v) is 16.8. The fourth-order valence-corrected chi connectivity index (χ4v) is 2.82. The van der Waals surface area contributed by atoms with Crippen LogP contribution in [0.4, 0.5) is 0 Å². The zero-order chi connectivity index (χ0) is 20.4. The van der Waals surface area contributed by atoms with E-state index in [2.05, 4.69) is 6.58 Å². The molecule has 28 heavy (non-hydrogen) atoms. The first kappa shape index (κ1) is 21.1. The van der Waals surface area contributed by atoms with E-state index in [1.807, 2.05) is 93.6 Å². The molecule has 0 saturated carbocycles. The second-order valence-electron chi connectivity index (χ2n) is 6.09. The zero-order valence-electron chi connectivity index (χ0n) is 16.8. The van der Waals surface area contributed by atoms with Gasteiger partial charge in [-0.2, -0.15) is 0 Å². The van der Waals surface area contributed by atoms with E-state index in [9.17, 15) is 5.11 Å². The fourth-order valence-electron chi connectivity index (χ4n) is 2.82. The molecule has 3 heteroatoms. The van der Waals surface area contributed by atoms with Crippen molar-refractivity contribution >= 4 is 5.76 Å². The number of aryl methyl sites for hydroxylation is 1. The Kier molecular flexibility index (Phi) is 8.16. The second kappa shape index (κ2) is 10.8. The quantitative estimate of drug-likeness (QED) is 0.466. The molecule has 0 heterocycles. The van der Waals surface area contributed by atoms with Gasteiger partial charge in [0.2, 0.25) is 0 Å². The Labute approximate surface area is 167 Å². The average molecular weight is 376 g/mol. The van der Waals surface area contributed by atoms with Crippen LogP contribution in [0.15, 0.2) is 79.4 Å². The molecule has 0 fully saturated rings. The van der Waals surface area contributed by atoms with E-state index in [4.69, 9.17) is 9.47 Å². The number of hydrogen-bond acceptors (Lipinski definition) is 3. The molecule has 0 amide bonds. The summed E-state index contributed by atoms with van der Waals surface area (Å²) in [6, 6.07) is 23.4. The van der Waals surface area contributed by atoms with Crippen molar-refractivity contribution in [2.75, 3.05) is 0 Å². The van der Waals surface area contributed by atoms with Gasteiger partial charge in [0.15, 0.2) is 0 Å². The average Bonchev–Trinajstić information content (AvgIpc) is 2.73. The summed E-state index contributed by atoms with van der Waals surface area (Å²) in [5.41, 5.74) is 3.72. The lowest BCUT2D eigenvalue weighted by Gasteiger charge is -2.13. The summed E-state index contributed by atoms with van der Waals surface area (Å²) >= 11 is 0. The Morgan fingerprint density at radius 3 is 2.07 bits per heavy atom. The summed E-state index contributed by atoms with van der Waals surface area (Å²) < 4.78 is 11.7. The normalized spacial score (nSPS) is 9.82. The molecule has 3 nitrogen and oxygen atoms in total. The maximum atomic E-state index is 9.83. The van der Waals surface area contributed by atoms with Crippen LogP contribution in [-0.4, -0.2) is 5.11 Å². The summed E-state index contributed by atoms with van der Waals surface area (Å²) in [5.74, 6) is 1.52. The van der Waals surface area contributed by atoms with Crippen molar-refractivity contribution in [1.29, 1.82) is 0 Å². The van der Waals surface area contributed by atoms with Crippen molar-refractivity contribution in [3.05, 3.63) is 102 Å². The van der Waals surface area contributed by atoms with Gasteiger partial charge < -0.3 is 14.6 Å². The number of ether oxygens (including phenoxy) is 2. The maximum absolute atomic E-state index is 9.83. The molecule has 3 aromatic carbocycles. The van der Waals surface area contributed by atoms with E-state index in [0.29, 0.717) is 19.0 Å². The van der Waals surface area contributed by atoms with Crippen LogP contribution in [0.2, 0.25) is 0 Å². The largest absolute Gasteiger partial charge is 0.508 e. The number of rotatable bonds is 7. The molecular weight excluding hydrogens is 348 g/mol. The van der Waals surface area contributed by atoms with E-state index < -0.39 is 0 Å². The first-order valence-corrected chi connectivity index (χ1v) is 9.50. The van der Waals surface area contributed by atoms with Gasteiger partial charge in [-0.25, -0.2) is 0 Å². The van der Waals surface area contributed by atoms with E-state index in [1.165, 1.54) is 0 Å². The molecular formula is C25H28O3. The smallest absolute Gasteiger partial charge is 0.123 e. The van der Waals surface area contributed by atoms with E-state index in [0.717, 1.165) is 28.0 Å². The SMILES string of the molecule is C=C(O)c1c(C)cccc1COc1cccc(OCc2ccccc2)c1.CC. The first-order valence-electron chi connectivity index (χ1n) is 9.50. The summed E-state index contributed by atoms with van der Waals surface area (Å²) in [7, 11) is 0. The highest BCUT2D eigenvalue weighted by molar-refractivity contribution is 5.63. The molecule has 0 atom stereocenters. The Bertz CT molecular complexity index is 885. The minimum atomic E-state index is 0.0571. The van der Waals surface area contributed by atoms with Gasteiger partial charge in [0.05, 0.1) is 0 Å². The van der Waals surface area contributed by atoms with Gasteiger partial charge in [-0.05, 0) is 30.2 Å². The highest BCUT2D eigenvalue weighted by Gasteiger charge is 2.09. The minimum Gasteiger partial charge on any atom is -0.508 e. The van der Waals surface area contributed by atoms with Crippen molar-refractivity contribution in [2.24, 2.45) is 0 Å². The predicted octanol–water partition coefficient (Wildman–Crippen LogP) is 6.71. The van der Waals surface area contributed by atoms with Crippen LogP contribution in [0.25, 0.3) is 5.76 Å². The predicted molar refractivity (Wildman–Crippen MR) is 116 cm³/mol. The molecule has 0 aliphatic carbocycles. The van der Waals surface area contributed by atoms with Gasteiger partial charge in [-0.3, -0.25) is 0 Å². The van der Waals surface area contributed by atoms with E-state index >= 15 is 0 Å². The molecule has 3 aromatic rings. The van der Waals surface area contributed by atoms with Crippen LogP contribution in [0.5, 0.6) is 11.5 Å². The minimum absolute atomic E-state index is 0.0571. The van der Waals surface area contributed by atoms with E-state index in [-0.39, 0.29) is 5.76 Å². The maximum Gasteiger partial charge on any atom is 0.123 e. The molecule has 0 aliphatic rings. The van der Waals surface area contributed by atoms with Gasteiger partial charge in [-0.15, -0.1) is 0 Å². The first-order chi connectivity index (χ1) is 13.6. The van der Waals surface area contributed by atoms with Crippen LogP contribution >= 0.6 is 0 Å². The molecule has 3 rings (SSSR count). The highest BCUT2D eigenvalue weighted by Crippen LogP contribution is 2.24. The lowest BCUT2D eigenvalue weighted by molar-refractivity contribution is 0.289. The molecule has 0 spiro atoms. The molecule has 0 aromatic heterocycles. The van der Waals surface area contributed by atoms with Crippen LogP contribution in [-0.2, 0) is 13.2 Å². The Morgan fingerprint density at radius 1 is 0.821 bits per heavy atom. The second-order valence-corrected chi connectivity index (χ2v) is 6.09. The third kappa shape index (κ3) is 5.92. The van der Waals surface area contributed by atoms with Gasteiger partial charge in [0.25, 0.3) is 0 Å². The van der Waals surface area contributed by atoms with Crippen LogP contribution < -0.4 is 9.47 Å². The molecule has 146 valence electrons. The highest BCUT2D eigenvalue weighted by atomic mass is 16.5. The molecule has 0 radical (unpaired) electrons. The molecule has 0 aliphatic heterocycles. The monoisotopic (exact) mass is 376 g/mol. The Hall–Kier alpha value is -3.20. The number of hydrogen-bond donors (Lipinski definition) is 1. The Morgan fingerprint density at radius 2 is 1.43 bits per heavy atom. The summed E-state index contributed by atoms with van der Waals surface area (Å²) in [4.78, 5) is 0. The summed E-state index contributed by atoms with van der Waals surface area (Å²) in [6.45, 7) is 10.4. The number of benzene rings is 3. The van der Waals surface area contributed by atoms with Crippen molar-refractivity contribution in [2.45, 2.75) is 34.0 Å². The van der Waals surface area contributed by atoms with Crippen molar-refractivity contribution < 1.29 is 14.6 Å². The lowest BCUT2D eigenvalue weighted by Crippen LogP contribution is -2.02. The molecule has 0 unspecified atom stereocenters. The van der Waals surface area contributed by atoms with Crippen LogP contribution in [0, 0.1) is 6.92 Å². The molecule has 0 saturated heterocycles. The van der Waals surface area contributed by atoms with Gasteiger partial charge in [0.1, 0.15) is 30.5 Å². The third-order valence-corrected chi connectivity index (χ3v) is 4.10. The van der Waals surface area contributed by atoms with Crippen molar-refractivity contribution in [1.82, 2.24) is 0 Å². The fraction of sp³-hybridized carbons (Fsp3) is 0.200. The van der Waals surface area contributed by atoms with Crippen molar-refractivity contribution in [3.63, 3.8) is 0 Å².